The van der Waals surface area contributed by atoms with E-state index in [2.05, 4.69) is 25.5 Å². The number of nitrogens with zero attached hydrogens (tertiary/aromatic N) is 4. The second-order valence-corrected chi connectivity index (χ2v) is 6.26. The van der Waals surface area contributed by atoms with Gasteiger partial charge in [-0.25, -0.2) is 9.97 Å². The number of fused-ring (bicyclic) bond motifs is 1. The van der Waals surface area contributed by atoms with Gasteiger partial charge in [-0.3, -0.25) is 14.3 Å². The lowest BCUT2D eigenvalue weighted by Crippen LogP contribution is -2.15. The van der Waals surface area contributed by atoms with Crippen LogP contribution in [0, 0.1) is 20.8 Å². The Balaban J connectivity index is 1.60. The summed E-state index contributed by atoms with van der Waals surface area (Å²) < 4.78 is 1.82. The van der Waals surface area contributed by atoms with E-state index in [0.717, 1.165) is 22.6 Å². The number of rotatable bonds is 3. The van der Waals surface area contributed by atoms with Gasteiger partial charge >= 0.3 is 0 Å². The number of anilines is 1. The molecule has 1 aromatic carbocycles. The van der Waals surface area contributed by atoms with Gasteiger partial charge in [0.05, 0.1) is 5.69 Å². The molecule has 4 rings (SSSR count). The third kappa shape index (κ3) is 2.83. The van der Waals surface area contributed by atoms with Crippen LogP contribution >= 0.6 is 0 Å². The first-order valence-corrected chi connectivity index (χ1v) is 8.27. The Morgan fingerprint density at radius 1 is 1.04 bits per heavy atom. The van der Waals surface area contributed by atoms with Gasteiger partial charge in [0.2, 0.25) is 0 Å². The van der Waals surface area contributed by atoms with E-state index < -0.39 is 0 Å². The van der Waals surface area contributed by atoms with Crippen molar-refractivity contribution in [2.75, 3.05) is 5.32 Å². The molecule has 3 aromatic heterocycles. The van der Waals surface area contributed by atoms with E-state index in [0.29, 0.717) is 22.9 Å². The van der Waals surface area contributed by atoms with E-state index in [1.165, 1.54) is 0 Å². The summed E-state index contributed by atoms with van der Waals surface area (Å²) in [5.74, 6) is 1.20. The SMILES string of the molecule is Cc1ccc2nc(C)c(C(=O)Nc3ccc(-c4n[nH]c(C)n4)cc3)n2c1. The number of carbonyl (C=O) groups is 1. The summed E-state index contributed by atoms with van der Waals surface area (Å²) in [4.78, 5) is 21.5. The van der Waals surface area contributed by atoms with E-state index in [1.807, 2.05) is 67.8 Å². The monoisotopic (exact) mass is 346 g/mol. The molecule has 4 aromatic rings. The lowest BCUT2D eigenvalue weighted by atomic mass is 10.2. The summed E-state index contributed by atoms with van der Waals surface area (Å²) in [5.41, 5.74) is 4.64. The molecule has 0 aliphatic carbocycles. The Hall–Kier alpha value is -3.48. The Bertz CT molecular complexity index is 1110. The van der Waals surface area contributed by atoms with Gasteiger partial charge < -0.3 is 5.32 Å². The molecule has 7 nitrogen and oxygen atoms in total. The number of imidazole rings is 1. The van der Waals surface area contributed by atoms with Crippen LogP contribution in [0.25, 0.3) is 17.0 Å². The Kier molecular flexibility index (Phi) is 3.76. The van der Waals surface area contributed by atoms with Crippen LogP contribution in [0.2, 0.25) is 0 Å². The second-order valence-electron chi connectivity index (χ2n) is 6.26. The Morgan fingerprint density at radius 2 is 1.81 bits per heavy atom. The summed E-state index contributed by atoms with van der Waals surface area (Å²) >= 11 is 0. The number of nitrogens with one attached hydrogen (secondary N) is 2. The maximum atomic E-state index is 12.8. The van der Waals surface area contributed by atoms with Crippen LogP contribution < -0.4 is 5.32 Å². The molecule has 0 saturated heterocycles. The third-order valence-electron chi connectivity index (χ3n) is 4.15. The highest BCUT2D eigenvalue weighted by Crippen LogP contribution is 2.20. The molecule has 26 heavy (non-hydrogen) atoms. The number of amides is 1. The van der Waals surface area contributed by atoms with Crippen molar-refractivity contribution in [3.63, 3.8) is 0 Å². The normalized spacial score (nSPS) is 11.0. The van der Waals surface area contributed by atoms with Crippen LogP contribution in [0.4, 0.5) is 5.69 Å². The molecule has 0 bridgehead atoms. The van der Waals surface area contributed by atoms with Crippen LogP contribution in [-0.4, -0.2) is 30.5 Å². The van der Waals surface area contributed by atoms with Crippen molar-refractivity contribution in [3.05, 3.63) is 65.4 Å². The number of aromatic nitrogens is 5. The number of benzene rings is 1. The van der Waals surface area contributed by atoms with Crippen molar-refractivity contribution < 1.29 is 4.79 Å². The van der Waals surface area contributed by atoms with Gasteiger partial charge in [-0.1, -0.05) is 6.07 Å². The van der Waals surface area contributed by atoms with Gasteiger partial charge in [-0.15, -0.1) is 0 Å². The van der Waals surface area contributed by atoms with Gasteiger partial charge in [0.25, 0.3) is 5.91 Å². The van der Waals surface area contributed by atoms with Gasteiger partial charge in [0.1, 0.15) is 17.2 Å². The predicted molar refractivity (Wildman–Crippen MR) is 99.2 cm³/mol. The van der Waals surface area contributed by atoms with Gasteiger partial charge in [0.15, 0.2) is 5.82 Å². The number of hydrogen-bond donors (Lipinski definition) is 2. The first-order chi connectivity index (χ1) is 12.5. The summed E-state index contributed by atoms with van der Waals surface area (Å²) in [6, 6.07) is 11.3. The third-order valence-corrected chi connectivity index (χ3v) is 4.15. The molecule has 0 atom stereocenters. The number of aryl methyl sites for hydroxylation is 3. The molecule has 7 heteroatoms. The van der Waals surface area contributed by atoms with Gasteiger partial charge in [0, 0.05) is 17.4 Å². The van der Waals surface area contributed by atoms with Crippen molar-refractivity contribution in [2.24, 2.45) is 0 Å². The fraction of sp³-hybridized carbons (Fsp3) is 0.158. The molecular formula is C19H18N6O. The summed E-state index contributed by atoms with van der Waals surface area (Å²) in [7, 11) is 0. The average Bonchev–Trinajstić information content (AvgIpc) is 3.18. The number of carbonyl (C=O) groups excluding carboxylic acids is 1. The maximum Gasteiger partial charge on any atom is 0.274 e. The smallest absolute Gasteiger partial charge is 0.274 e. The Labute approximate surface area is 150 Å². The first kappa shape index (κ1) is 16.0. The van der Waals surface area contributed by atoms with Crippen LogP contribution in [0.3, 0.4) is 0 Å². The topological polar surface area (TPSA) is 88.0 Å². The quantitative estimate of drug-likeness (QED) is 0.596. The number of pyridine rings is 1. The minimum Gasteiger partial charge on any atom is -0.321 e. The number of H-pyrrole nitrogens is 1. The molecule has 0 unspecified atom stereocenters. The average molecular weight is 346 g/mol. The van der Waals surface area contributed by atoms with Gasteiger partial charge in [-0.05, 0) is 56.7 Å². The maximum absolute atomic E-state index is 12.8. The molecule has 0 fully saturated rings. The summed E-state index contributed by atoms with van der Waals surface area (Å²) in [6.07, 6.45) is 1.92. The zero-order valence-electron chi connectivity index (χ0n) is 14.7. The largest absolute Gasteiger partial charge is 0.321 e. The lowest BCUT2D eigenvalue weighted by molar-refractivity contribution is 0.102. The molecule has 0 spiro atoms. The highest BCUT2D eigenvalue weighted by atomic mass is 16.2. The number of aromatic amines is 1. The van der Waals surface area contributed by atoms with E-state index in [9.17, 15) is 4.79 Å². The molecule has 0 aliphatic rings. The zero-order valence-corrected chi connectivity index (χ0v) is 14.7. The van der Waals surface area contributed by atoms with E-state index in [-0.39, 0.29) is 5.91 Å². The van der Waals surface area contributed by atoms with Crippen molar-refractivity contribution in [2.45, 2.75) is 20.8 Å². The molecule has 0 radical (unpaired) electrons. The van der Waals surface area contributed by atoms with Crippen LogP contribution in [0.5, 0.6) is 0 Å². The molecule has 0 saturated carbocycles. The Morgan fingerprint density at radius 3 is 2.50 bits per heavy atom. The molecule has 3 heterocycles. The number of hydrogen-bond acceptors (Lipinski definition) is 4. The second kappa shape index (κ2) is 6.11. The fourth-order valence-electron chi connectivity index (χ4n) is 2.91. The van der Waals surface area contributed by atoms with Crippen molar-refractivity contribution in [3.8, 4) is 11.4 Å². The van der Waals surface area contributed by atoms with Crippen LogP contribution in [0.15, 0.2) is 42.6 Å². The molecule has 2 N–H and O–H groups in total. The van der Waals surface area contributed by atoms with E-state index in [4.69, 9.17) is 0 Å². The molecule has 1 amide bonds. The van der Waals surface area contributed by atoms with Gasteiger partial charge in [-0.2, -0.15) is 5.10 Å². The highest BCUT2D eigenvalue weighted by molar-refractivity contribution is 6.04. The highest BCUT2D eigenvalue weighted by Gasteiger charge is 2.17. The molecule has 130 valence electrons. The van der Waals surface area contributed by atoms with Crippen LogP contribution in [-0.2, 0) is 0 Å². The standard InChI is InChI=1S/C19H18N6O/c1-11-4-9-16-20-12(2)17(25(16)10-11)19(26)22-15-7-5-14(6-8-15)18-21-13(3)23-24-18/h4-10H,1-3H3,(H,22,26)(H,21,23,24). The lowest BCUT2D eigenvalue weighted by Gasteiger charge is -2.07. The van der Waals surface area contributed by atoms with E-state index >= 15 is 0 Å². The van der Waals surface area contributed by atoms with Crippen molar-refractivity contribution in [1.82, 2.24) is 24.6 Å². The first-order valence-electron chi connectivity index (χ1n) is 8.27. The zero-order chi connectivity index (χ0) is 18.3. The van der Waals surface area contributed by atoms with Crippen LogP contribution in [0.1, 0.15) is 27.6 Å². The predicted octanol–water partition coefficient (Wildman–Crippen LogP) is 3.30. The fourth-order valence-corrected chi connectivity index (χ4v) is 2.91. The molecule has 0 aliphatic heterocycles. The minimum atomic E-state index is -0.193. The minimum absolute atomic E-state index is 0.193. The van der Waals surface area contributed by atoms with E-state index in [1.54, 1.807) is 0 Å². The van der Waals surface area contributed by atoms with Crippen molar-refractivity contribution >= 4 is 17.2 Å². The van der Waals surface area contributed by atoms with Crippen molar-refractivity contribution in [1.29, 1.82) is 0 Å². The summed E-state index contributed by atoms with van der Waals surface area (Å²) in [6.45, 7) is 5.68. The molecular weight excluding hydrogens is 328 g/mol. The summed E-state index contributed by atoms with van der Waals surface area (Å²) in [5, 5.41) is 9.89.